The number of hydrogen-bond donors (Lipinski definition) is 1. The molecule has 3 atom stereocenters. The van der Waals surface area contributed by atoms with Gasteiger partial charge in [-0.1, -0.05) is 19.4 Å². The molecule has 1 aromatic rings. The molecule has 0 radical (unpaired) electrons. The Balaban J connectivity index is 2.26. The second-order valence-electron chi connectivity index (χ2n) is 5.61. The van der Waals surface area contributed by atoms with Gasteiger partial charge in [-0.3, -0.25) is 10.1 Å². The average molecular weight is 330 g/mol. The zero-order valence-electron chi connectivity index (χ0n) is 12.6. The highest BCUT2D eigenvalue weighted by molar-refractivity contribution is 7.90. The van der Waals surface area contributed by atoms with E-state index in [-0.39, 0.29) is 29.9 Å². The molecule has 5 nitrogen and oxygen atoms in total. The lowest BCUT2D eigenvalue weighted by atomic mass is 10.1. The quantitative estimate of drug-likeness (QED) is 0.863. The number of rotatable bonds is 6. The SMILES string of the molecule is CCCC1NC(c2cccs2)N(C(C)CS(C)(=O)=O)C1=O. The monoisotopic (exact) mass is 330 g/mol. The number of carbonyl (C=O) groups excluding carboxylic acids is 1. The molecule has 3 unspecified atom stereocenters. The molecule has 0 bridgehead atoms. The van der Waals surface area contributed by atoms with Crippen LogP contribution < -0.4 is 5.32 Å². The Labute approximate surface area is 130 Å². The van der Waals surface area contributed by atoms with Crippen molar-refractivity contribution in [3.05, 3.63) is 22.4 Å². The summed E-state index contributed by atoms with van der Waals surface area (Å²) in [5, 5.41) is 5.32. The van der Waals surface area contributed by atoms with E-state index < -0.39 is 9.84 Å². The number of nitrogens with zero attached hydrogens (tertiary/aromatic N) is 1. The second-order valence-corrected chi connectivity index (χ2v) is 8.78. The highest BCUT2D eigenvalue weighted by Crippen LogP contribution is 2.31. The minimum absolute atomic E-state index is 0.00593. The molecular formula is C14H22N2O3S2. The summed E-state index contributed by atoms with van der Waals surface area (Å²) in [5.41, 5.74) is 0. The lowest BCUT2D eigenvalue weighted by Crippen LogP contribution is -2.42. The van der Waals surface area contributed by atoms with Gasteiger partial charge in [-0.25, -0.2) is 8.42 Å². The molecule has 1 N–H and O–H groups in total. The molecule has 1 aliphatic heterocycles. The van der Waals surface area contributed by atoms with E-state index in [0.717, 1.165) is 17.7 Å². The summed E-state index contributed by atoms with van der Waals surface area (Å²) < 4.78 is 23.1. The zero-order valence-corrected chi connectivity index (χ0v) is 14.2. The van der Waals surface area contributed by atoms with Crippen molar-refractivity contribution < 1.29 is 13.2 Å². The second kappa shape index (κ2) is 6.46. The fourth-order valence-corrected chi connectivity index (χ4v) is 4.62. The van der Waals surface area contributed by atoms with Crippen LogP contribution in [0.2, 0.25) is 0 Å². The molecule has 0 saturated carbocycles. The first-order valence-electron chi connectivity index (χ1n) is 7.13. The molecule has 21 heavy (non-hydrogen) atoms. The van der Waals surface area contributed by atoms with Crippen LogP contribution in [0.1, 0.15) is 37.7 Å². The van der Waals surface area contributed by atoms with Crippen LogP contribution in [0.3, 0.4) is 0 Å². The van der Waals surface area contributed by atoms with Gasteiger partial charge in [0.25, 0.3) is 0 Å². The van der Waals surface area contributed by atoms with Gasteiger partial charge in [0.05, 0.1) is 11.8 Å². The Kier molecular flexibility index (Phi) is 5.06. The van der Waals surface area contributed by atoms with Crippen molar-refractivity contribution in [3.63, 3.8) is 0 Å². The average Bonchev–Trinajstić information content (AvgIpc) is 2.96. The number of hydrogen-bond acceptors (Lipinski definition) is 5. The summed E-state index contributed by atoms with van der Waals surface area (Å²) in [6, 6.07) is 3.36. The predicted molar refractivity (Wildman–Crippen MR) is 84.9 cm³/mol. The zero-order chi connectivity index (χ0) is 15.6. The fourth-order valence-electron chi connectivity index (χ4n) is 2.80. The van der Waals surface area contributed by atoms with Crippen molar-refractivity contribution in [1.82, 2.24) is 10.2 Å². The lowest BCUT2D eigenvalue weighted by molar-refractivity contribution is -0.131. The molecule has 2 heterocycles. The van der Waals surface area contributed by atoms with Crippen molar-refractivity contribution in [3.8, 4) is 0 Å². The summed E-state index contributed by atoms with van der Waals surface area (Å²) in [6.07, 6.45) is 2.67. The van der Waals surface area contributed by atoms with Crippen LogP contribution in [0, 0.1) is 0 Å². The maximum absolute atomic E-state index is 12.6. The molecular weight excluding hydrogens is 308 g/mol. The number of sulfone groups is 1. The summed E-state index contributed by atoms with van der Waals surface area (Å²) in [7, 11) is -3.12. The maximum Gasteiger partial charge on any atom is 0.241 e. The minimum Gasteiger partial charge on any atom is -0.317 e. The Morgan fingerprint density at radius 2 is 2.19 bits per heavy atom. The normalized spacial score (nSPS) is 24.5. The molecule has 1 amide bonds. The fraction of sp³-hybridized carbons (Fsp3) is 0.643. The minimum atomic E-state index is -3.12. The highest BCUT2D eigenvalue weighted by atomic mass is 32.2. The van der Waals surface area contributed by atoms with E-state index >= 15 is 0 Å². The molecule has 0 aliphatic carbocycles. The summed E-state index contributed by atoms with van der Waals surface area (Å²) in [6.45, 7) is 3.84. The van der Waals surface area contributed by atoms with Crippen molar-refractivity contribution in [2.75, 3.05) is 12.0 Å². The topological polar surface area (TPSA) is 66.5 Å². The van der Waals surface area contributed by atoms with E-state index in [2.05, 4.69) is 5.32 Å². The van der Waals surface area contributed by atoms with Gasteiger partial charge in [0.15, 0.2) is 0 Å². The van der Waals surface area contributed by atoms with Gasteiger partial charge in [-0.2, -0.15) is 0 Å². The number of amides is 1. The van der Waals surface area contributed by atoms with Crippen LogP contribution in [0.4, 0.5) is 0 Å². The molecule has 1 aliphatic rings. The van der Waals surface area contributed by atoms with Crippen LogP contribution in [0.5, 0.6) is 0 Å². The largest absolute Gasteiger partial charge is 0.317 e. The van der Waals surface area contributed by atoms with Gasteiger partial charge in [-0.15, -0.1) is 11.3 Å². The van der Waals surface area contributed by atoms with Gasteiger partial charge in [0, 0.05) is 17.2 Å². The molecule has 0 aromatic carbocycles. The van der Waals surface area contributed by atoms with E-state index in [4.69, 9.17) is 0 Å². The van der Waals surface area contributed by atoms with E-state index in [1.807, 2.05) is 24.4 Å². The Morgan fingerprint density at radius 3 is 2.71 bits per heavy atom. The van der Waals surface area contributed by atoms with Crippen molar-refractivity contribution in [2.45, 2.75) is 44.9 Å². The van der Waals surface area contributed by atoms with Gasteiger partial charge in [0.1, 0.15) is 16.0 Å². The first-order chi connectivity index (χ1) is 9.83. The molecule has 7 heteroatoms. The van der Waals surface area contributed by atoms with Gasteiger partial charge in [0.2, 0.25) is 5.91 Å². The Morgan fingerprint density at radius 1 is 1.48 bits per heavy atom. The van der Waals surface area contributed by atoms with E-state index in [1.54, 1.807) is 23.2 Å². The first kappa shape index (κ1) is 16.5. The molecule has 1 fully saturated rings. The predicted octanol–water partition coefficient (Wildman–Crippen LogP) is 1.78. The third kappa shape index (κ3) is 3.84. The molecule has 0 spiro atoms. The number of thiophene rings is 1. The van der Waals surface area contributed by atoms with Crippen LogP contribution in [-0.2, 0) is 14.6 Å². The lowest BCUT2D eigenvalue weighted by Gasteiger charge is -2.29. The van der Waals surface area contributed by atoms with Crippen LogP contribution in [0.25, 0.3) is 0 Å². The number of carbonyl (C=O) groups is 1. The van der Waals surface area contributed by atoms with E-state index in [1.165, 1.54) is 6.26 Å². The maximum atomic E-state index is 12.6. The third-order valence-corrected chi connectivity index (χ3v) is 5.61. The molecule has 1 aromatic heterocycles. The van der Waals surface area contributed by atoms with Gasteiger partial charge in [-0.05, 0) is 24.8 Å². The molecule has 118 valence electrons. The smallest absolute Gasteiger partial charge is 0.241 e. The van der Waals surface area contributed by atoms with Gasteiger partial charge < -0.3 is 4.90 Å². The Bertz CT molecular complexity index is 583. The van der Waals surface area contributed by atoms with Crippen LogP contribution >= 0.6 is 11.3 Å². The van der Waals surface area contributed by atoms with Crippen molar-refractivity contribution in [1.29, 1.82) is 0 Å². The Hall–Kier alpha value is -0.920. The number of nitrogens with one attached hydrogen (secondary N) is 1. The van der Waals surface area contributed by atoms with E-state index in [9.17, 15) is 13.2 Å². The van der Waals surface area contributed by atoms with Gasteiger partial charge >= 0.3 is 0 Å². The summed E-state index contributed by atoms with van der Waals surface area (Å²) in [4.78, 5) is 15.3. The van der Waals surface area contributed by atoms with E-state index in [0.29, 0.717) is 0 Å². The highest BCUT2D eigenvalue weighted by Gasteiger charge is 2.42. The van der Waals surface area contributed by atoms with Crippen LogP contribution in [0.15, 0.2) is 17.5 Å². The third-order valence-electron chi connectivity index (χ3n) is 3.60. The molecule has 1 saturated heterocycles. The van der Waals surface area contributed by atoms with Crippen molar-refractivity contribution >= 4 is 27.1 Å². The molecule has 2 rings (SSSR count). The summed E-state index contributed by atoms with van der Waals surface area (Å²) >= 11 is 1.58. The summed E-state index contributed by atoms with van der Waals surface area (Å²) in [5.74, 6) is -0.00683. The van der Waals surface area contributed by atoms with Crippen molar-refractivity contribution in [2.24, 2.45) is 0 Å². The standard InChI is InChI=1S/C14H22N2O3S2/c1-4-6-11-14(17)16(10(2)9-21(3,18)19)13(15-11)12-7-5-8-20-12/h5,7-8,10-11,13,15H,4,6,9H2,1-3H3. The van der Waals surface area contributed by atoms with Crippen LogP contribution in [-0.4, -0.2) is 43.3 Å². The first-order valence-corrected chi connectivity index (χ1v) is 10.1.